The van der Waals surface area contributed by atoms with E-state index in [9.17, 15) is 9.50 Å². The maximum absolute atomic E-state index is 13.2. The highest BCUT2D eigenvalue weighted by atomic mass is 19.1. The number of hydrogen-bond acceptors (Lipinski definition) is 2. The number of aliphatic hydroxyl groups is 1. The summed E-state index contributed by atoms with van der Waals surface area (Å²) in [6.07, 6.45) is 2.73. The Hall–Kier alpha value is -0.930. The Kier molecular flexibility index (Phi) is 3.79. The van der Waals surface area contributed by atoms with Gasteiger partial charge in [0.15, 0.2) is 0 Å². The Morgan fingerprint density at radius 3 is 3.00 bits per heavy atom. The van der Waals surface area contributed by atoms with Crippen molar-refractivity contribution < 1.29 is 14.2 Å². The summed E-state index contributed by atoms with van der Waals surface area (Å²) in [5, 5.41) is 10.5. The molecule has 1 fully saturated rings. The van der Waals surface area contributed by atoms with E-state index in [-0.39, 0.29) is 5.82 Å². The van der Waals surface area contributed by atoms with Crippen LogP contribution in [-0.4, -0.2) is 23.9 Å². The van der Waals surface area contributed by atoms with E-state index in [4.69, 9.17) is 4.74 Å². The molecule has 0 bridgehead atoms. The molecule has 2 rings (SSSR count). The van der Waals surface area contributed by atoms with Crippen LogP contribution in [0.2, 0.25) is 0 Å². The molecule has 0 aromatic heterocycles. The summed E-state index contributed by atoms with van der Waals surface area (Å²) in [7, 11) is 0. The van der Waals surface area contributed by atoms with Crippen LogP contribution >= 0.6 is 0 Å². The molecular formula is C14H19FO2. The van der Waals surface area contributed by atoms with Gasteiger partial charge in [-0.15, -0.1) is 0 Å². The van der Waals surface area contributed by atoms with E-state index in [0.717, 1.165) is 24.0 Å². The number of ether oxygens (including phenoxy) is 1. The molecule has 0 spiro atoms. The SMILES string of the molecule is Cc1ccc(F)cc1CC1(O)CCCOCC1. The van der Waals surface area contributed by atoms with Crippen molar-refractivity contribution >= 4 is 0 Å². The number of halogens is 1. The minimum atomic E-state index is -0.741. The zero-order valence-corrected chi connectivity index (χ0v) is 10.2. The van der Waals surface area contributed by atoms with Crippen molar-refractivity contribution in [1.82, 2.24) is 0 Å². The summed E-state index contributed by atoms with van der Waals surface area (Å²) >= 11 is 0. The Balaban J connectivity index is 2.15. The van der Waals surface area contributed by atoms with E-state index >= 15 is 0 Å². The van der Waals surface area contributed by atoms with Crippen molar-refractivity contribution in [2.24, 2.45) is 0 Å². The van der Waals surface area contributed by atoms with Crippen LogP contribution in [0.4, 0.5) is 4.39 Å². The van der Waals surface area contributed by atoms with Crippen molar-refractivity contribution in [3.63, 3.8) is 0 Å². The summed E-state index contributed by atoms with van der Waals surface area (Å²) in [6.45, 7) is 3.25. The highest BCUT2D eigenvalue weighted by molar-refractivity contribution is 5.28. The lowest BCUT2D eigenvalue weighted by molar-refractivity contribution is 0.0187. The molecule has 1 heterocycles. The fourth-order valence-corrected chi connectivity index (χ4v) is 2.35. The second-order valence-electron chi connectivity index (χ2n) is 4.94. The predicted molar refractivity (Wildman–Crippen MR) is 64.5 cm³/mol. The maximum Gasteiger partial charge on any atom is 0.123 e. The van der Waals surface area contributed by atoms with E-state index in [0.29, 0.717) is 26.1 Å². The first-order chi connectivity index (χ1) is 8.09. The average molecular weight is 238 g/mol. The third-order valence-electron chi connectivity index (χ3n) is 3.47. The lowest BCUT2D eigenvalue weighted by atomic mass is 9.86. The van der Waals surface area contributed by atoms with Crippen LogP contribution in [0, 0.1) is 12.7 Å². The van der Waals surface area contributed by atoms with E-state index in [1.807, 2.05) is 6.92 Å². The van der Waals surface area contributed by atoms with Gasteiger partial charge >= 0.3 is 0 Å². The van der Waals surface area contributed by atoms with Gasteiger partial charge in [-0.25, -0.2) is 4.39 Å². The van der Waals surface area contributed by atoms with Gasteiger partial charge in [0.2, 0.25) is 0 Å². The van der Waals surface area contributed by atoms with Gasteiger partial charge in [-0.05, 0) is 49.4 Å². The van der Waals surface area contributed by atoms with Crippen LogP contribution in [0.25, 0.3) is 0 Å². The van der Waals surface area contributed by atoms with Crippen LogP contribution in [0.1, 0.15) is 30.4 Å². The summed E-state index contributed by atoms with van der Waals surface area (Å²) in [4.78, 5) is 0. The molecule has 1 saturated heterocycles. The van der Waals surface area contributed by atoms with E-state index in [2.05, 4.69) is 0 Å². The van der Waals surface area contributed by atoms with Gasteiger partial charge in [0.1, 0.15) is 5.82 Å². The van der Waals surface area contributed by atoms with Crippen LogP contribution in [0.3, 0.4) is 0 Å². The highest BCUT2D eigenvalue weighted by Gasteiger charge is 2.29. The molecule has 1 aromatic rings. The van der Waals surface area contributed by atoms with Gasteiger partial charge < -0.3 is 9.84 Å². The zero-order valence-electron chi connectivity index (χ0n) is 10.2. The molecule has 2 nitrogen and oxygen atoms in total. The Morgan fingerprint density at radius 2 is 2.18 bits per heavy atom. The third kappa shape index (κ3) is 3.27. The van der Waals surface area contributed by atoms with Crippen LogP contribution in [0.5, 0.6) is 0 Å². The summed E-state index contributed by atoms with van der Waals surface area (Å²) in [5.74, 6) is -0.237. The lowest BCUT2D eigenvalue weighted by Crippen LogP contribution is -2.32. The largest absolute Gasteiger partial charge is 0.389 e. The first-order valence-corrected chi connectivity index (χ1v) is 6.14. The molecule has 1 aliphatic rings. The molecule has 1 unspecified atom stereocenters. The second-order valence-corrected chi connectivity index (χ2v) is 4.94. The lowest BCUT2D eigenvalue weighted by Gasteiger charge is -2.26. The number of hydrogen-bond donors (Lipinski definition) is 1. The van der Waals surface area contributed by atoms with E-state index in [1.165, 1.54) is 12.1 Å². The summed E-state index contributed by atoms with van der Waals surface area (Å²) < 4.78 is 18.5. The Labute approximate surface area is 101 Å². The summed E-state index contributed by atoms with van der Waals surface area (Å²) in [5.41, 5.74) is 1.19. The standard InChI is InChI=1S/C14H19FO2/c1-11-3-4-13(15)9-12(11)10-14(16)5-2-7-17-8-6-14/h3-4,9,16H,2,5-8,10H2,1H3. The van der Waals surface area contributed by atoms with Crippen molar-refractivity contribution in [2.75, 3.05) is 13.2 Å². The Morgan fingerprint density at radius 1 is 1.35 bits per heavy atom. The predicted octanol–water partition coefficient (Wildman–Crippen LogP) is 2.61. The quantitative estimate of drug-likeness (QED) is 0.858. The number of aryl methyl sites for hydroxylation is 1. The van der Waals surface area contributed by atoms with Gasteiger partial charge in [-0.1, -0.05) is 6.07 Å². The van der Waals surface area contributed by atoms with Gasteiger partial charge in [-0.2, -0.15) is 0 Å². The van der Waals surface area contributed by atoms with Crippen molar-refractivity contribution in [1.29, 1.82) is 0 Å². The molecule has 0 radical (unpaired) electrons. The van der Waals surface area contributed by atoms with Crippen LogP contribution in [-0.2, 0) is 11.2 Å². The van der Waals surface area contributed by atoms with Crippen molar-refractivity contribution in [2.45, 2.75) is 38.2 Å². The van der Waals surface area contributed by atoms with Crippen LogP contribution < -0.4 is 0 Å². The van der Waals surface area contributed by atoms with Crippen molar-refractivity contribution in [3.8, 4) is 0 Å². The average Bonchev–Trinajstić information content (AvgIpc) is 2.49. The van der Waals surface area contributed by atoms with Gasteiger partial charge in [0.05, 0.1) is 5.60 Å². The molecular weight excluding hydrogens is 219 g/mol. The summed E-state index contributed by atoms with van der Waals surface area (Å²) in [6, 6.07) is 4.75. The van der Waals surface area contributed by atoms with Crippen LogP contribution in [0.15, 0.2) is 18.2 Å². The topological polar surface area (TPSA) is 29.5 Å². The molecule has 3 heteroatoms. The third-order valence-corrected chi connectivity index (χ3v) is 3.47. The molecule has 0 amide bonds. The molecule has 1 atom stereocenters. The molecule has 1 aliphatic heterocycles. The first kappa shape index (κ1) is 12.5. The van der Waals surface area contributed by atoms with Gasteiger partial charge in [0.25, 0.3) is 0 Å². The smallest absolute Gasteiger partial charge is 0.123 e. The minimum absolute atomic E-state index is 0.237. The normalized spacial score (nSPS) is 25.6. The molecule has 0 aliphatic carbocycles. The van der Waals surface area contributed by atoms with E-state index < -0.39 is 5.60 Å². The number of benzene rings is 1. The van der Waals surface area contributed by atoms with Crippen molar-refractivity contribution in [3.05, 3.63) is 35.1 Å². The molecule has 0 saturated carbocycles. The van der Waals surface area contributed by atoms with E-state index in [1.54, 1.807) is 6.07 Å². The Bertz CT molecular complexity index is 382. The van der Waals surface area contributed by atoms with Gasteiger partial charge in [0, 0.05) is 19.6 Å². The fourth-order valence-electron chi connectivity index (χ4n) is 2.35. The molecule has 1 aromatic carbocycles. The monoisotopic (exact) mass is 238 g/mol. The maximum atomic E-state index is 13.2. The molecule has 1 N–H and O–H groups in total. The first-order valence-electron chi connectivity index (χ1n) is 6.14. The second kappa shape index (κ2) is 5.15. The fraction of sp³-hybridized carbons (Fsp3) is 0.571. The number of rotatable bonds is 2. The molecule has 17 heavy (non-hydrogen) atoms. The van der Waals surface area contributed by atoms with Gasteiger partial charge in [-0.3, -0.25) is 0 Å². The minimum Gasteiger partial charge on any atom is -0.389 e. The molecule has 94 valence electrons. The highest BCUT2D eigenvalue weighted by Crippen LogP contribution is 2.27. The zero-order chi connectivity index (χ0) is 12.3.